The molecule has 0 aliphatic carbocycles. The number of nitrogens with zero attached hydrogens (tertiary/aromatic N) is 2. The monoisotopic (exact) mass is 509 g/mol. The molecule has 4 rings (SSSR count). The van der Waals surface area contributed by atoms with Crippen LogP contribution in [0, 0.1) is 6.92 Å². The van der Waals surface area contributed by atoms with Crippen molar-refractivity contribution in [3.8, 4) is 11.1 Å². The number of carbonyl (C=O) groups excluding carboxylic acids is 1. The molecule has 4 aromatic rings. The van der Waals surface area contributed by atoms with E-state index in [0.717, 1.165) is 5.56 Å². The second kappa shape index (κ2) is 9.90. The molecule has 1 amide bonds. The van der Waals surface area contributed by atoms with E-state index in [2.05, 4.69) is 10.3 Å². The first kappa shape index (κ1) is 24.4. The lowest BCUT2D eigenvalue weighted by Crippen LogP contribution is -2.42. The number of pyridine rings is 2. The van der Waals surface area contributed by atoms with Gasteiger partial charge in [0.15, 0.2) is 0 Å². The summed E-state index contributed by atoms with van der Waals surface area (Å²) in [4.78, 5) is 42.2. The largest absolute Gasteiger partial charge is 0.480 e. The van der Waals surface area contributed by atoms with Crippen LogP contribution >= 0.6 is 23.2 Å². The van der Waals surface area contributed by atoms with Crippen LogP contribution in [0.25, 0.3) is 22.0 Å². The van der Waals surface area contributed by atoms with Crippen molar-refractivity contribution >= 4 is 46.0 Å². The van der Waals surface area contributed by atoms with E-state index in [1.807, 2.05) is 19.1 Å². The summed E-state index contributed by atoms with van der Waals surface area (Å²) < 4.78 is 1.51. The third-order valence-electron chi connectivity index (χ3n) is 5.82. The Hall–Kier alpha value is -3.68. The molecule has 1 atom stereocenters. The topological polar surface area (TPSA) is 101 Å². The summed E-state index contributed by atoms with van der Waals surface area (Å²) in [6.07, 6.45) is 3.27. The number of carboxylic acids is 1. The third kappa shape index (κ3) is 4.78. The van der Waals surface area contributed by atoms with E-state index in [9.17, 15) is 19.5 Å². The van der Waals surface area contributed by atoms with E-state index in [4.69, 9.17) is 23.2 Å². The Balaban J connectivity index is 1.75. The number of rotatable bonds is 6. The fourth-order valence-corrected chi connectivity index (χ4v) is 4.60. The van der Waals surface area contributed by atoms with Crippen LogP contribution in [0.5, 0.6) is 0 Å². The van der Waals surface area contributed by atoms with Crippen LogP contribution in [-0.2, 0) is 18.3 Å². The third-order valence-corrected chi connectivity index (χ3v) is 6.45. The van der Waals surface area contributed by atoms with Crippen LogP contribution in [0.2, 0.25) is 10.0 Å². The van der Waals surface area contributed by atoms with E-state index in [1.54, 1.807) is 43.7 Å². The highest BCUT2D eigenvalue weighted by Gasteiger charge is 2.25. The zero-order valence-electron chi connectivity index (χ0n) is 18.9. The molecule has 0 saturated carbocycles. The molecule has 0 bridgehead atoms. The van der Waals surface area contributed by atoms with Gasteiger partial charge in [-0.05, 0) is 47.9 Å². The minimum absolute atomic E-state index is 0.0100. The quantitative estimate of drug-likeness (QED) is 0.394. The highest BCUT2D eigenvalue weighted by molar-refractivity contribution is 6.39. The van der Waals surface area contributed by atoms with Gasteiger partial charge in [0.05, 0.1) is 26.7 Å². The molecule has 0 radical (unpaired) electrons. The fourth-order valence-electron chi connectivity index (χ4n) is 4.03. The number of fused-ring (bicyclic) bond motifs is 1. The Morgan fingerprint density at radius 1 is 1.09 bits per heavy atom. The number of amides is 1. The SMILES string of the molecule is Cc1ccn(C)c(=O)c1-c1ccc(CC(NC(=O)c2c(Cl)cccc2Cl)C(=O)O)c2ncccc12. The van der Waals surface area contributed by atoms with Gasteiger partial charge in [0.1, 0.15) is 6.04 Å². The molecule has 2 N–H and O–H groups in total. The Kier molecular flexibility index (Phi) is 6.91. The number of benzene rings is 2. The lowest BCUT2D eigenvalue weighted by atomic mass is 9.94. The molecule has 0 aliphatic rings. The van der Waals surface area contributed by atoms with Crippen molar-refractivity contribution in [1.82, 2.24) is 14.9 Å². The summed E-state index contributed by atoms with van der Waals surface area (Å²) in [5, 5.41) is 13.3. The predicted molar refractivity (Wildman–Crippen MR) is 136 cm³/mol. The molecule has 0 fully saturated rings. The molecule has 0 saturated heterocycles. The molecule has 9 heteroatoms. The molecule has 1 unspecified atom stereocenters. The molecule has 0 spiro atoms. The van der Waals surface area contributed by atoms with Crippen molar-refractivity contribution in [1.29, 1.82) is 0 Å². The number of aromatic nitrogens is 2. The van der Waals surface area contributed by atoms with Gasteiger partial charge in [-0.2, -0.15) is 0 Å². The maximum atomic E-state index is 12.9. The van der Waals surface area contributed by atoms with Crippen LogP contribution in [0.15, 0.2) is 65.7 Å². The van der Waals surface area contributed by atoms with Crippen molar-refractivity contribution in [2.24, 2.45) is 7.05 Å². The molecule has 35 heavy (non-hydrogen) atoms. The summed E-state index contributed by atoms with van der Waals surface area (Å²) >= 11 is 12.2. The Labute approximate surface area is 211 Å². The van der Waals surface area contributed by atoms with Gasteiger partial charge >= 0.3 is 5.97 Å². The van der Waals surface area contributed by atoms with Gasteiger partial charge in [0.25, 0.3) is 11.5 Å². The summed E-state index contributed by atoms with van der Waals surface area (Å²) in [6.45, 7) is 1.86. The predicted octanol–water partition coefficient (Wildman–Crippen LogP) is 4.64. The summed E-state index contributed by atoms with van der Waals surface area (Å²) in [5.41, 5.74) is 3.09. The first-order valence-corrected chi connectivity index (χ1v) is 11.5. The number of nitrogens with one attached hydrogen (secondary N) is 1. The van der Waals surface area contributed by atoms with Crippen LogP contribution in [0.1, 0.15) is 21.5 Å². The van der Waals surface area contributed by atoms with Crippen molar-refractivity contribution in [2.45, 2.75) is 19.4 Å². The minimum Gasteiger partial charge on any atom is -0.480 e. The Morgan fingerprint density at radius 3 is 2.49 bits per heavy atom. The standard InChI is InChI=1S/C26H21Cl2N3O4/c1-14-10-12-31(2)25(33)21(14)16-9-8-15(23-17(16)5-4-11-29-23)13-20(26(34)35)30-24(32)22-18(27)6-3-7-19(22)28/h3-12,20H,13H2,1-2H3,(H,30,32)(H,34,35). The van der Waals surface area contributed by atoms with E-state index in [0.29, 0.717) is 27.6 Å². The van der Waals surface area contributed by atoms with Crippen LogP contribution in [-0.4, -0.2) is 32.6 Å². The van der Waals surface area contributed by atoms with Crippen LogP contribution in [0.4, 0.5) is 0 Å². The first-order valence-electron chi connectivity index (χ1n) is 10.7. The fraction of sp³-hybridized carbons (Fsp3) is 0.154. The normalized spacial score (nSPS) is 11.9. The zero-order valence-corrected chi connectivity index (χ0v) is 20.4. The number of aliphatic carboxylic acids is 1. The molecular formula is C26H21Cl2N3O4. The molecule has 0 aliphatic heterocycles. The molecule has 2 heterocycles. The maximum absolute atomic E-state index is 12.9. The number of carbonyl (C=O) groups is 2. The van der Waals surface area contributed by atoms with Gasteiger partial charge in [-0.3, -0.25) is 14.6 Å². The summed E-state index contributed by atoms with van der Waals surface area (Å²) in [5.74, 6) is -1.91. The number of hydrogen-bond acceptors (Lipinski definition) is 4. The van der Waals surface area contributed by atoms with E-state index < -0.39 is 17.9 Å². The van der Waals surface area contributed by atoms with Gasteiger partial charge in [-0.25, -0.2) is 4.79 Å². The van der Waals surface area contributed by atoms with Gasteiger partial charge in [-0.15, -0.1) is 0 Å². The van der Waals surface area contributed by atoms with E-state index >= 15 is 0 Å². The second-order valence-corrected chi connectivity index (χ2v) is 8.94. The zero-order chi connectivity index (χ0) is 25.3. The molecular weight excluding hydrogens is 489 g/mol. The lowest BCUT2D eigenvalue weighted by molar-refractivity contribution is -0.139. The van der Waals surface area contributed by atoms with Crippen LogP contribution < -0.4 is 10.9 Å². The summed E-state index contributed by atoms with van der Waals surface area (Å²) in [6, 6.07) is 12.3. The van der Waals surface area contributed by atoms with E-state index in [-0.39, 0.29) is 27.6 Å². The number of aryl methyl sites for hydroxylation is 2. The number of halogens is 2. The molecule has 7 nitrogen and oxygen atoms in total. The van der Waals surface area contributed by atoms with Crippen LogP contribution in [0.3, 0.4) is 0 Å². The minimum atomic E-state index is -1.27. The smallest absolute Gasteiger partial charge is 0.326 e. The van der Waals surface area contributed by atoms with Crippen molar-refractivity contribution in [3.63, 3.8) is 0 Å². The van der Waals surface area contributed by atoms with Gasteiger partial charge in [0.2, 0.25) is 0 Å². The average Bonchev–Trinajstić information content (AvgIpc) is 2.82. The maximum Gasteiger partial charge on any atom is 0.326 e. The van der Waals surface area contributed by atoms with Gasteiger partial charge in [0, 0.05) is 31.2 Å². The highest BCUT2D eigenvalue weighted by Crippen LogP contribution is 2.30. The Bertz CT molecular complexity index is 1510. The number of carboxylic acid groups (broad SMARTS) is 1. The highest BCUT2D eigenvalue weighted by atomic mass is 35.5. The average molecular weight is 510 g/mol. The first-order chi connectivity index (χ1) is 16.7. The van der Waals surface area contributed by atoms with Gasteiger partial charge in [-0.1, -0.05) is 47.5 Å². The number of hydrogen-bond donors (Lipinski definition) is 2. The van der Waals surface area contributed by atoms with Crippen molar-refractivity contribution in [3.05, 3.63) is 98.0 Å². The van der Waals surface area contributed by atoms with Gasteiger partial charge < -0.3 is 15.0 Å². The molecule has 2 aromatic carbocycles. The Morgan fingerprint density at radius 2 is 1.80 bits per heavy atom. The van der Waals surface area contributed by atoms with E-state index in [1.165, 1.54) is 16.7 Å². The second-order valence-electron chi connectivity index (χ2n) is 8.13. The van der Waals surface area contributed by atoms with Crippen molar-refractivity contribution in [2.75, 3.05) is 0 Å². The molecule has 178 valence electrons. The van der Waals surface area contributed by atoms with Crippen molar-refractivity contribution < 1.29 is 14.7 Å². The summed E-state index contributed by atoms with van der Waals surface area (Å²) in [7, 11) is 1.69. The molecule has 2 aromatic heterocycles. The lowest BCUT2D eigenvalue weighted by Gasteiger charge is -2.18.